The number of carbonyl (C=O) groups is 1. The Bertz CT molecular complexity index is 547. The number of fused-ring (bicyclic) bond motifs is 1. The van der Waals surface area contributed by atoms with Gasteiger partial charge in [-0.05, 0) is 55.6 Å². The van der Waals surface area contributed by atoms with Gasteiger partial charge in [0, 0.05) is 6.04 Å². The van der Waals surface area contributed by atoms with Crippen LogP contribution >= 0.6 is 0 Å². The fourth-order valence-corrected chi connectivity index (χ4v) is 3.20. The summed E-state index contributed by atoms with van der Waals surface area (Å²) in [5.41, 5.74) is 1.05. The van der Waals surface area contributed by atoms with Crippen LogP contribution in [-0.2, 0) is 11.2 Å². The largest absolute Gasteiger partial charge is 0.497 e. The van der Waals surface area contributed by atoms with Gasteiger partial charge >= 0.3 is 0 Å². The van der Waals surface area contributed by atoms with E-state index in [4.69, 9.17) is 9.47 Å². The monoisotopic (exact) mass is 304 g/mol. The highest BCUT2D eigenvalue weighted by Crippen LogP contribution is 2.30. The van der Waals surface area contributed by atoms with Crippen LogP contribution in [0, 0.1) is 11.8 Å². The van der Waals surface area contributed by atoms with E-state index in [0.29, 0.717) is 18.9 Å². The first-order valence-corrected chi connectivity index (χ1v) is 7.98. The third-order valence-corrected chi connectivity index (χ3v) is 4.66. The first-order valence-electron chi connectivity index (χ1n) is 7.98. The van der Waals surface area contributed by atoms with E-state index in [2.05, 4.69) is 17.6 Å². The molecule has 0 aliphatic carbocycles. The summed E-state index contributed by atoms with van der Waals surface area (Å²) in [5.74, 6) is 2.11. The van der Waals surface area contributed by atoms with Gasteiger partial charge in [0.2, 0.25) is 5.91 Å². The highest BCUT2D eigenvalue weighted by Gasteiger charge is 2.30. The quantitative estimate of drug-likeness (QED) is 0.885. The van der Waals surface area contributed by atoms with E-state index in [0.717, 1.165) is 36.6 Å². The Balaban J connectivity index is 1.64. The standard InChI is InChI=1S/C17H24N2O3/c1-11-9-18-6-5-15(11)19-17(20)13-7-12-8-14(21-2)3-4-16(12)22-10-13/h3-4,8,11,13,15,18H,5-7,9-10H2,1-2H3,(H,19,20). The fraction of sp³-hybridized carbons (Fsp3) is 0.588. The number of piperidine rings is 1. The molecule has 1 aromatic rings. The van der Waals surface area contributed by atoms with Gasteiger partial charge in [-0.25, -0.2) is 0 Å². The van der Waals surface area contributed by atoms with Crippen LogP contribution in [-0.4, -0.2) is 38.8 Å². The number of methoxy groups -OCH3 is 1. The number of hydrogen-bond acceptors (Lipinski definition) is 4. The number of rotatable bonds is 3. The number of carbonyl (C=O) groups excluding carboxylic acids is 1. The highest BCUT2D eigenvalue weighted by molar-refractivity contribution is 5.80. The van der Waals surface area contributed by atoms with Gasteiger partial charge in [0.25, 0.3) is 0 Å². The summed E-state index contributed by atoms with van der Waals surface area (Å²) in [7, 11) is 1.65. The average Bonchev–Trinajstić information content (AvgIpc) is 2.55. The summed E-state index contributed by atoms with van der Waals surface area (Å²) in [5, 5.41) is 6.56. The zero-order valence-electron chi connectivity index (χ0n) is 13.2. The third-order valence-electron chi connectivity index (χ3n) is 4.66. The van der Waals surface area contributed by atoms with Crippen molar-refractivity contribution in [1.29, 1.82) is 0 Å². The Hall–Kier alpha value is -1.75. The molecule has 1 fully saturated rings. The molecular weight excluding hydrogens is 280 g/mol. The maximum absolute atomic E-state index is 12.5. The van der Waals surface area contributed by atoms with Crippen molar-refractivity contribution in [3.63, 3.8) is 0 Å². The lowest BCUT2D eigenvalue weighted by molar-refractivity contribution is -0.127. The van der Waals surface area contributed by atoms with Crippen LogP contribution in [0.5, 0.6) is 11.5 Å². The van der Waals surface area contributed by atoms with Crippen LogP contribution in [0.1, 0.15) is 18.9 Å². The molecule has 2 aliphatic rings. The Kier molecular flexibility index (Phi) is 4.52. The molecule has 3 unspecified atom stereocenters. The Morgan fingerprint density at radius 1 is 1.45 bits per heavy atom. The number of nitrogens with one attached hydrogen (secondary N) is 2. The Labute approximate surface area is 131 Å². The first-order chi connectivity index (χ1) is 10.7. The van der Waals surface area contributed by atoms with E-state index in [1.54, 1.807) is 7.11 Å². The molecule has 0 bridgehead atoms. The van der Waals surface area contributed by atoms with Gasteiger partial charge in [-0.3, -0.25) is 4.79 Å². The minimum absolute atomic E-state index is 0.104. The van der Waals surface area contributed by atoms with Crippen LogP contribution in [0.25, 0.3) is 0 Å². The Morgan fingerprint density at radius 2 is 2.32 bits per heavy atom. The van der Waals surface area contributed by atoms with E-state index >= 15 is 0 Å². The minimum Gasteiger partial charge on any atom is -0.497 e. The van der Waals surface area contributed by atoms with Gasteiger partial charge in [0.15, 0.2) is 0 Å². The maximum atomic E-state index is 12.5. The molecule has 1 aromatic carbocycles. The molecule has 3 atom stereocenters. The lowest BCUT2D eigenvalue weighted by Crippen LogP contribution is -2.51. The van der Waals surface area contributed by atoms with Crippen LogP contribution in [0.15, 0.2) is 18.2 Å². The molecular formula is C17H24N2O3. The second kappa shape index (κ2) is 6.57. The van der Waals surface area contributed by atoms with Crippen molar-refractivity contribution in [2.45, 2.75) is 25.8 Å². The van der Waals surface area contributed by atoms with Crippen LogP contribution in [0.2, 0.25) is 0 Å². The topological polar surface area (TPSA) is 59.6 Å². The molecule has 2 N–H and O–H groups in total. The molecule has 2 heterocycles. The van der Waals surface area contributed by atoms with Crippen molar-refractivity contribution in [3.8, 4) is 11.5 Å². The molecule has 22 heavy (non-hydrogen) atoms. The van der Waals surface area contributed by atoms with Crippen LogP contribution < -0.4 is 20.1 Å². The maximum Gasteiger partial charge on any atom is 0.227 e. The second-order valence-electron chi connectivity index (χ2n) is 6.27. The molecule has 1 amide bonds. The zero-order valence-corrected chi connectivity index (χ0v) is 13.2. The van der Waals surface area contributed by atoms with Gasteiger partial charge in [-0.1, -0.05) is 6.92 Å². The van der Waals surface area contributed by atoms with Gasteiger partial charge < -0.3 is 20.1 Å². The van der Waals surface area contributed by atoms with Gasteiger partial charge in [-0.2, -0.15) is 0 Å². The lowest BCUT2D eigenvalue weighted by Gasteiger charge is -2.32. The number of benzene rings is 1. The Morgan fingerprint density at radius 3 is 3.09 bits per heavy atom. The summed E-state index contributed by atoms with van der Waals surface area (Å²) < 4.78 is 11.0. The molecule has 120 valence electrons. The van der Waals surface area contributed by atoms with E-state index in [9.17, 15) is 4.79 Å². The SMILES string of the molecule is COc1ccc2c(c1)CC(C(=O)NC1CCNCC1C)CO2. The molecule has 5 nitrogen and oxygen atoms in total. The van der Waals surface area contributed by atoms with E-state index < -0.39 is 0 Å². The highest BCUT2D eigenvalue weighted by atomic mass is 16.5. The molecule has 2 aliphatic heterocycles. The summed E-state index contributed by atoms with van der Waals surface area (Å²) in [6.45, 7) is 4.56. The van der Waals surface area contributed by atoms with E-state index in [1.807, 2.05) is 18.2 Å². The zero-order chi connectivity index (χ0) is 15.5. The third kappa shape index (κ3) is 3.19. The molecule has 0 saturated carbocycles. The molecule has 0 radical (unpaired) electrons. The van der Waals surface area contributed by atoms with Crippen molar-refractivity contribution in [1.82, 2.24) is 10.6 Å². The lowest BCUT2D eigenvalue weighted by atomic mass is 9.92. The number of amides is 1. The van der Waals surface area contributed by atoms with Crippen LogP contribution in [0.4, 0.5) is 0 Å². The van der Waals surface area contributed by atoms with Crippen molar-refractivity contribution in [2.75, 3.05) is 26.8 Å². The van der Waals surface area contributed by atoms with E-state index in [1.165, 1.54) is 0 Å². The predicted octanol–water partition coefficient (Wildman–Crippen LogP) is 1.36. The molecule has 1 saturated heterocycles. The van der Waals surface area contributed by atoms with Crippen molar-refractivity contribution >= 4 is 5.91 Å². The predicted molar refractivity (Wildman–Crippen MR) is 84.3 cm³/mol. The number of hydrogen-bond donors (Lipinski definition) is 2. The fourth-order valence-electron chi connectivity index (χ4n) is 3.20. The van der Waals surface area contributed by atoms with Crippen molar-refractivity contribution in [2.24, 2.45) is 11.8 Å². The minimum atomic E-state index is -0.123. The number of ether oxygens (including phenoxy) is 2. The van der Waals surface area contributed by atoms with Crippen molar-refractivity contribution < 1.29 is 14.3 Å². The van der Waals surface area contributed by atoms with Gasteiger partial charge in [0.1, 0.15) is 18.1 Å². The average molecular weight is 304 g/mol. The summed E-state index contributed by atoms with van der Waals surface area (Å²) >= 11 is 0. The summed E-state index contributed by atoms with van der Waals surface area (Å²) in [6, 6.07) is 6.02. The molecule has 0 spiro atoms. The summed E-state index contributed by atoms with van der Waals surface area (Å²) in [6.07, 6.45) is 1.70. The molecule has 5 heteroatoms. The molecule has 3 rings (SSSR count). The van der Waals surface area contributed by atoms with Crippen LogP contribution in [0.3, 0.4) is 0 Å². The van der Waals surface area contributed by atoms with Crippen molar-refractivity contribution in [3.05, 3.63) is 23.8 Å². The summed E-state index contributed by atoms with van der Waals surface area (Å²) in [4.78, 5) is 12.5. The van der Waals surface area contributed by atoms with Gasteiger partial charge in [0.05, 0.1) is 13.0 Å². The molecule has 0 aromatic heterocycles. The smallest absolute Gasteiger partial charge is 0.227 e. The first kappa shape index (κ1) is 15.2. The second-order valence-corrected chi connectivity index (χ2v) is 6.27. The normalized spacial score (nSPS) is 27.5. The van der Waals surface area contributed by atoms with Gasteiger partial charge in [-0.15, -0.1) is 0 Å². The van der Waals surface area contributed by atoms with E-state index in [-0.39, 0.29) is 17.9 Å².